The van der Waals surface area contributed by atoms with Crippen LogP contribution in [0, 0.1) is 0 Å². The van der Waals surface area contributed by atoms with E-state index in [1.807, 2.05) is 0 Å². The molecule has 0 fully saturated rings. The van der Waals surface area contributed by atoms with Crippen molar-refractivity contribution in [3.05, 3.63) is 0 Å². The van der Waals surface area contributed by atoms with Gasteiger partial charge in [0.25, 0.3) is 0 Å². The van der Waals surface area contributed by atoms with E-state index in [1.165, 1.54) is 0 Å². The first-order valence-corrected chi connectivity index (χ1v) is 0. The van der Waals surface area contributed by atoms with Crippen LogP contribution in [0.5, 0.6) is 0 Å². The molecule has 0 saturated carbocycles. The molecule has 1 unspecified atom stereocenters. The number of hydrogen-bond acceptors (Lipinski definition) is 0. The molecule has 0 nitrogen and oxygen atoms in total. The molecule has 5 heavy (non-hydrogen) atoms. The molecule has 0 aromatic rings. The Morgan fingerprint density at radius 3 is 1.20 bits per heavy atom. The average molecular weight is 419 g/mol. The Balaban J connectivity index is 0. The Hall–Kier alpha value is 3.52. The van der Waals surface area contributed by atoms with Crippen LogP contribution < -0.4 is 29.6 Å². The van der Waals surface area contributed by atoms with E-state index >= 15 is 0 Å². The van der Waals surface area contributed by atoms with Crippen molar-refractivity contribution in [3.8, 4) is 0 Å². The van der Waals surface area contributed by atoms with Crippen molar-refractivity contribution in [3.63, 3.8) is 0 Å². The molecule has 0 spiro atoms. The first-order chi connectivity index (χ1) is 0. The fourth-order valence-corrected chi connectivity index (χ4v) is 0. The van der Waals surface area contributed by atoms with E-state index in [0.717, 1.165) is 0 Å². The minimum atomic E-state index is 0. The molecule has 0 aliphatic carbocycles. The van der Waals surface area contributed by atoms with Gasteiger partial charge >= 0.3 is 29.6 Å². The maximum absolute atomic E-state index is 0. The van der Waals surface area contributed by atoms with Crippen LogP contribution in [0.1, 0.15) is 1.43 Å². The monoisotopic (exact) mass is 421 g/mol. The van der Waals surface area contributed by atoms with Crippen LogP contribution in [0.15, 0.2) is 0 Å². The van der Waals surface area contributed by atoms with Gasteiger partial charge in [0.1, 0.15) is 0 Å². The molecule has 0 aliphatic rings. The van der Waals surface area contributed by atoms with Gasteiger partial charge in [-0.3, -0.25) is 0 Å². The quantitative estimate of drug-likeness (QED) is 0.287. The largest absolute Gasteiger partial charge is 1.00 e. The third kappa shape index (κ3) is 18.5. The van der Waals surface area contributed by atoms with Gasteiger partial charge in [0.05, 0.1) is 0 Å². The van der Waals surface area contributed by atoms with Gasteiger partial charge in [0, 0.05) is 64.3 Å². The predicted molar refractivity (Wildman–Crippen MR) is 18.0 cm³/mol. The van der Waals surface area contributed by atoms with E-state index in [2.05, 4.69) is 0 Å². The number of rotatable bonds is 0. The molecular formula is H4BiFeMoNaP. The van der Waals surface area contributed by atoms with Crippen LogP contribution in [0.2, 0.25) is 0 Å². The summed E-state index contributed by atoms with van der Waals surface area (Å²) in [4.78, 5) is 0. The Morgan fingerprint density at radius 1 is 1.20 bits per heavy atom. The summed E-state index contributed by atoms with van der Waals surface area (Å²) in [7, 11) is 0. The second kappa shape index (κ2) is 25.8. The zero-order valence-electron chi connectivity index (χ0n) is 3.92. The molecule has 0 saturated heterocycles. The van der Waals surface area contributed by atoms with Crippen molar-refractivity contribution in [2.24, 2.45) is 0 Å². The van der Waals surface area contributed by atoms with Crippen LogP contribution in [0.4, 0.5) is 0 Å². The van der Waals surface area contributed by atoms with Gasteiger partial charge in [0.15, 0.2) is 0 Å². The molecule has 3 radical (unpaired) electrons. The van der Waals surface area contributed by atoms with Gasteiger partial charge in [-0.15, -0.1) is 0 Å². The topological polar surface area (TPSA) is 0 Å². The standard InChI is InChI=1S/Bi.Fe.Mo.Na.H3P.H/h;;;;1H3;/q;;;+1;;-1. The van der Waals surface area contributed by atoms with Crippen LogP contribution in [0.3, 0.4) is 0 Å². The molecule has 1 atom stereocenters. The summed E-state index contributed by atoms with van der Waals surface area (Å²) in [5.74, 6) is 0. The maximum atomic E-state index is 0. The summed E-state index contributed by atoms with van der Waals surface area (Å²) < 4.78 is 0. The molecule has 0 amide bonds. The Kier molecular flexibility index (Phi) is 201. The summed E-state index contributed by atoms with van der Waals surface area (Å²) in [6.45, 7) is 0. The van der Waals surface area contributed by atoms with Gasteiger partial charge in [-0.2, -0.15) is 9.90 Å². The molecule has 0 bridgehead atoms. The first-order valence-electron chi connectivity index (χ1n) is 0. The van der Waals surface area contributed by atoms with E-state index in [1.54, 1.807) is 0 Å². The van der Waals surface area contributed by atoms with Crippen molar-refractivity contribution in [2.75, 3.05) is 0 Å². The Morgan fingerprint density at radius 2 is 1.20 bits per heavy atom. The van der Waals surface area contributed by atoms with E-state index in [9.17, 15) is 0 Å². The molecule has 0 rings (SSSR count). The predicted octanol–water partition coefficient (Wildman–Crippen LogP) is -3.21. The first kappa shape index (κ1) is 38.9. The van der Waals surface area contributed by atoms with Crippen molar-refractivity contribution in [1.82, 2.24) is 0 Å². The summed E-state index contributed by atoms with van der Waals surface area (Å²) in [5, 5.41) is 0. The minimum Gasteiger partial charge on any atom is -1.00 e. The Bertz CT molecular complexity index is 15.5. The van der Waals surface area contributed by atoms with Crippen molar-refractivity contribution in [1.29, 1.82) is 0 Å². The SMILES string of the molecule is P.[Bi].[Fe].[H-].[Mo].[Na+]. The van der Waals surface area contributed by atoms with Crippen LogP contribution >= 0.6 is 9.90 Å². The maximum Gasteiger partial charge on any atom is 1.00 e. The van der Waals surface area contributed by atoms with Gasteiger partial charge in [0.2, 0.25) is 0 Å². The molecule has 0 aliphatic heterocycles. The van der Waals surface area contributed by atoms with Crippen LogP contribution in [-0.4, -0.2) is 26.2 Å². The third-order valence-electron chi connectivity index (χ3n) is 0. The zero-order chi connectivity index (χ0) is 0. The molecule has 0 aromatic heterocycles. The van der Waals surface area contributed by atoms with Crippen molar-refractivity contribution < 1.29 is 69.1 Å². The molecule has 5 heteroatoms. The van der Waals surface area contributed by atoms with Gasteiger partial charge < -0.3 is 1.43 Å². The summed E-state index contributed by atoms with van der Waals surface area (Å²) in [6.07, 6.45) is 0. The zero-order valence-corrected chi connectivity index (χ0v) is 12.9. The summed E-state index contributed by atoms with van der Waals surface area (Å²) in [5.41, 5.74) is 0. The van der Waals surface area contributed by atoms with Crippen LogP contribution in [0.25, 0.3) is 0 Å². The molecule has 0 heterocycles. The smallest absolute Gasteiger partial charge is 1.00 e. The molecule has 29 valence electrons. The van der Waals surface area contributed by atoms with E-state index < -0.39 is 0 Å². The second-order valence-corrected chi connectivity index (χ2v) is 0. The minimum absolute atomic E-state index is 0. The third-order valence-corrected chi connectivity index (χ3v) is 0. The second-order valence-electron chi connectivity index (χ2n) is 0. The summed E-state index contributed by atoms with van der Waals surface area (Å²) >= 11 is 0. The normalized spacial score (nSPS) is 0. The summed E-state index contributed by atoms with van der Waals surface area (Å²) in [6, 6.07) is 0. The fourth-order valence-electron chi connectivity index (χ4n) is 0. The van der Waals surface area contributed by atoms with Gasteiger partial charge in [-0.25, -0.2) is 0 Å². The van der Waals surface area contributed by atoms with Crippen LogP contribution in [-0.2, 0) is 38.1 Å². The van der Waals surface area contributed by atoms with Crippen molar-refractivity contribution >= 4 is 36.1 Å². The average Bonchev–Trinajstić information content (AvgIpc) is 0. The van der Waals surface area contributed by atoms with Crippen molar-refractivity contribution in [2.45, 2.75) is 0 Å². The molecule has 0 N–H and O–H groups in total. The van der Waals surface area contributed by atoms with E-state index in [4.69, 9.17) is 0 Å². The Labute approximate surface area is 103 Å². The number of hydrogen-bond donors (Lipinski definition) is 0. The molecule has 0 aromatic carbocycles. The van der Waals surface area contributed by atoms with Gasteiger partial charge in [-0.05, 0) is 0 Å². The molecular weight excluding hydrogens is 415 g/mol. The van der Waals surface area contributed by atoms with Gasteiger partial charge in [-0.1, -0.05) is 0 Å². The van der Waals surface area contributed by atoms with E-state index in [0.29, 0.717) is 0 Å². The van der Waals surface area contributed by atoms with E-state index in [-0.39, 0.29) is 105 Å². The fraction of sp³-hybridized carbons (Fsp3) is 0.